The first-order chi connectivity index (χ1) is 34.2. The van der Waals surface area contributed by atoms with E-state index in [4.69, 9.17) is 23.3 Å². The third kappa shape index (κ3) is 49.9. The highest BCUT2D eigenvalue weighted by Crippen LogP contribution is 2.43. The molecule has 0 amide bonds. The molecule has 70 heavy (non-hydrogen) atoms. The molecule has 0 spiro atoms. The molecule has 12 heteroatoms. The van der Waals surface area contributed by atoms with Crippen molar-refractivity contribution in [3.8, 4) is 0 Å². The second kappa shape index (κ2) is 52.2. The lowest BCUT2D eigenvalue weighted by Crippen LogP contribution is -2.30. The molecule has 0 saturated heterocycles. The number of ether oxygens (including phenoxy) is 3. The van der Waals surface area contributed by atoms with Crippen LogP contribution in [0.15, 0.2) is 72.9 Å². The van der Waals surface area contributed by atoms with E-state index < -0.39 is 57.8 Å². The van der Waals surface area contributed by atoms with Crippen LogP contribution in [0.2, 0.25) is 0 Å². The van der Waals surface area contributed by atoms with E-state index in [1.807, 2.05) is 12.2 Å². The molecule has 0 heterocycles. The Morgan fingerprint density at radius 3 is 1.24 bits per heavy atom. The average Bonchev–Trinajstić information content (AvgIpc) is 3.35. The van der Waals surface area contributed by atoms with Crippen LogP contribution in [-0.2, 0) is 42.2 Å². The normalized spacial score (nSPS) is 14.0. The smallest absolute Gasteiger partial charge is 0.462 e. The summed E-state index contributed by atoms with van der Waals surface area (Å²) in [5.41, 5.74) is 0. The number of hydrogen-bond acceptors (Lipinski definition) is 10. The van der Waals surface area contributed by atoms with Gasteiger partial charge in [-0.15, -0.1) is 0 Å². The summed E-state index contributed by atoms with van der Waals surface area (Å²) in [6.07, 6.45) is 57.7. The number of hydrogen-bond donors (Lipinski definition) is 2. The lowest BCUT2D eigenvalue weighted by atomic mass is 10.1. The predicted octanol–water partition coefficient (Wildman–Crippen LogP) is 16.1. The topological polar surface area (TPSA) is 155 Å². The maximum atomic E-state index is 12.8. The number of rotatable bonds is 51. The summed E-state index contributed by atoms with van der Waals surface area (Å²) in [4.78, 5) is 48.3. The van der Waals surface area contributed by atoms with Crippen molar-refractivity contribution in [1.29, 1.82) is 0 Å². The number of phosphoric ester groups is 1. The Hall–Kier alpha value is -3.08. The predicted molar refractivity (Wildman–Crippen MR) is 288 cm³/mol. The van der Waals surface area contributed by atoms with Crippen molar-refractivity contribution in [2.24, 2.45) is 0 Å². The van der Waals surface area contributed by atoms with Gasteiger partial charge in [0.25, 0.3) is 0 Å². The van der Waals surface area contributed by atoms with Crippen LogP contribution in [0.4, 0.5) is 0 Å². The molecular formula is C58H101O11P. The Kier molecular flexibility index (Phi) is 50.0. The Morgan fingerprint density at radius 2 is 0.800 bits per heavy atom. The van der Waals surface area contributed by atoms with Crippen molar-refractivity contribution >= 4 is 25.7 Å². The van der Waals surface area contributed by atoms with Gasteiger partial charge in [-0.2, -0.15) is 0 Å². The maximum Gasteiger partial charge on any atom is 0.472 e. The minimum atomic E-state index is -4.76. The molecule has 0 aliphatic heterocycles. The van der Waals surface area contributed by atoms with Gasteiger partial charge in [-0.05, 0) is 70.6 Å². The molecule has 0 aromatic rings. The Morgan fingerprint density at radius 1 is 0.429 bits per heavy atom. The fourth-order valence-corrected chi connectivity index (χ4v) is 8.21. The van der Waals surface area contributed by atoms with Crippen LogP contribution >= 0.6 is 7.82 Å². The summed E-state index contributed by atoms with van der Waals surface area (Å²) < 4.78 is 39.2. The van der Waals surface area contributed by atoms with Gasteiger partial charge < -0.3 is 24.2 Å². The van der Waals surface area contributed by atoms with Gasteiger partial charge in [-0.3, -0.25) is 23.4 Å². The number of carbonyl (C=O) groups excluding carboxylic acids is 3. The van der Waals surface area contributed by atoms with Gasteiger partial charge in [0.15, 0.2) is 6.10 Å². The molecule has 0 radical (unpaired) electrons. The molecule has 0 aliphatic rings. The van der Waals surface area contributed by atoms with Crippen molar-refractivity contribution in [2.75, 3.05) is 26.4 Å². The quantitative estimate of drug-likeness (QED) is 0.0197. The Balaban J connectivity index is 4.80. The molecule has 0 aromatic carbocycles. The summed E-state index contributed by atoms with van der Waals surface area (Å²) in [7, 11) is -4.76. The van der Waals surface area contributed by atoms with Crippen molar-refractivity contribution in [3.05, 3.63) is 72.9 Å². The van der Waals surface area contributed by atoms with Crippen LogP contribution in [0.25, 0.3) is 0 Å². The molecule has 404 valence electrons. The summed E-state index contributed by atoms with van der Waals surface area (Å²) >= 11 is 0. The van der Waals surface area contributed by atoms with Crippen LogP contribution in [0, 0.1) is 0 Å². The molecule has 3 atom stereocenters. The SMILES string of the molecule is CC/C=C\C/C=C\C/C=C\C/C=C\C/C=C\CC(=O)OC(COC(=O)CCCCCCCCCCC/C=C\CCCCCCCC)COP(=O)(O)OCC(CO)OC(=O)CCCCCCCCCCC. The molecule has 11 nitrogen and oxygen atoms in total. The average molecular weight is 1010 g/mol. The molecule has 0 bridgehead atoms. The monoisotopic (exact) mass is 1000 g/mol. The van der Waals surface area contributed by atoms with Gasteiger partial charge in [-0.25, -0.2) is 4.57 Å². The highest BCUT2D eigenvalue weighted by atomic mass is 31.2. The zero-order chi connectivity index (χ0) is 51.3. The van der Waals surface area contributed by atoms with Gasteiger partial charge in [0.2, 0.25) is 0 Å². The number of unbranched alkanes of at least 4 members (excludes halogenated alkanes) is 23. The number of esters is 3. The minimum Gasteiger partial charge on any atom is -0.462 e. The van der Waals surface area contributed by atoms with E-state index in [1.165, 1.54) is 116 Å². The summed E-state index contributed by atoms with van der Waals surface area (Å²) in [5.74, 6) is -1.62. The minimum absolute atomic E-state index is 0.0649. The van der Waals surface area contributed by atoms with E-state index >= 15 is 0 Å². The zero-order valence-corrected chi connectivity index (χ0v) is 45.4. The standard InChI is InChI=1S/C58H101O11P/c1-4-7-10-13-16-19-21-23-25-26-27-28-30-31-33-36-38-41-44-47-56(60)65-51-55(69-58(62)49-46-43-40-37-34-32-29-24-22-20-17-14-11-8-5-2)53-67-70(63,64)66-52-54(50-59)68-57(61)48-45-42-39-35-18-15-12-9-6-3/h8,11,17,20,23-25,29,34,37,43,46,54-55,59H,4-7,9-10,12-16,18-19,21-22,26-28,30-33,35-36,38-42,44-45,47-53H2,1-3H3,(H,63,64)/b11-8-,20-17-,25-23-,29-24-,37-34-,46-43-. The first kappa shape index (κ1) is 66.9. The number of aliphatic hydroxyl groups is 1. The fraction of sp³-hybridized carbons (Fsp3) is 0.741. The third-order valence-corrected chi connectivity index (χ3v) is 12.6. The van der Waals surface area contributed by atoms with E-state index in [0.29, 0.717) is 19.3 Å². The van der Waals surface area contributed by atoms with Crippen molar-refractivity contribution < 1.29 is 52.2 Å². The van der Waals surface area contributed by atoms with Gasteiger partial charge in [0.1, 0.15) is 12.7 Å². The first-order valence-electron chi connectivity index (χ1n) is 27.8. The largest absolute Gasteiger partial charge is 0.472 e. The second-order valence-electron chi connectivity index (χ2n) is 18.4. The molecule has 3 unspecified atom stereocenters. The number of carbonyl (C=O) groups is 3. The van der Waals surface area contributed by atoms with Crippen LogP contribution < -0.4 is 0 Å². The molecule has 0 saturated carbocycles. The van der Waals surface area contributed by atoms with Crippen molar-refractivity contribution in [3.63, 3.8) is 0 Å². The Labute approximate surface area is 427 Å². The first-order valence-corrected chi connectivity index (χ1v) is 29.3. The Bertz CT molecular complexity index is 1450. The molecule has 0 rings (SSSR count). The molecule has 0 fully saturated rings. The lowest BCUT2D eigenvalue weighted by Gasteiger charge is -2.21. The lowest BCUT2D eigenvalue weighted by molar-refractivity contribution is -0.160. The number of allylic oxidation sites excluding steroid dienone is 11. The maximum absolute atomic E-state index is 12.8. The third-order valence-electron chi connectivity index (χ3n) is 11.6. The van der Waals surface area contributed by atoms with E-state index in [9.17, 15) is 28.9 Å². The zero-order valence-electron chi connectivity index (χ0n) is 44.5. The molecule has 0 aliphatic carbocycles. The highest BCUT2D eigenvalue weighted by molar-refractivity contribution is 7.47. The van der Waals surface area contributed by atoms with Crippen LogP contribution in [0.5, 0.6) is 0 Å². The van der Waals surface area contributed by atoms with E-state index in [2.05, 4.69) is 75.5 Å². The van der Waals surface area contributed by atoms with Crippen molar-refractivity contribution in [2.45, 2.75) is 251 Å². The van der Waals surface area contributed by atoms with Gasteiger partial charge in [-0.1, -0.05) is 222 Å². The van der Waals surface area contributed by atoms with Crippen molar-refractivity contribution in [1.82, 2.24) is 0 Å². The second-order valence-corrected chi connectivity index (χ2v) is 19.8. The van der Waals surface area contributed by atoms with E-state index in [1.54, 1.807) is 6.08 Å². The number of phosphoric acid groups is 1. The molecule has 2 N–H and O–H groups in total. The number of aliphatic hydroxyl groups excluding tert-OH is 1. The van der Waals surface area contributed by atoms with Crippen LogP contribution in [0.3, 0.4) is 0 Å². The van der Waals surface area contributed by atoms with E-state index in [-0.39, 0.29) is 25.9 Å². The summed E-state index contributed by atoms with van der Waals surface area (Å²) in [5, 5.41) is 9.76. The molecule has 0 aromatic heterocycles. The van der Waals surface area contributed by atoms with Gasteiger partial charge >= 0.3 is 25.7 Å². The van der Waals surface area contributed by atoms with Gasteiger partial charge in [0.05, 0.1) is 26.2 Å². The highest BCUT2D eigenvalue weighted by Gasteiger charge is 2.28. The summed E-state index contributed by atoms with van der Waals surface area (Å²) in [6.45, 7) is 4.39. The van der Waals surface area contributed by atoms with E-state index in [0.717, 1.165) is 64.2 Å². The van der Waals surface area contributed by atoms with Crippen LogP contribution in [0.1, 0.15) is 239 Å². The fourth-order valence-electron chi connectivity index (χ4n) is 7.43. The van der Waals surface area contributed by atoms with Gasteiger partial charge in [0, 0.05) is 12.8 Å². The van der Waals surface area contributed by atoms with Crippen LogP contribution in [-0.4, -0.2) is 66.5 Å². The molecular weight excluding hydrogens is 904 g/mol. The summed E-state index contributed by atoms with van der Waals surface area (Å²) in [6, 6.07) is 0.